The predicted octanol–water partition coefficient (Wildman–Crippen LogP) is 4.99. The van der Waals surface area contributed by atoms with Crippen LogP contribution >= 0.6 is 34.8 Å². The number of amides is 2. The van der Waals surface area contributed by atoms with Crippen LogP contribution in [0.3, 0.4) is 0 Å². The van der Waals surface area contributed by atoms with Gasteiger partial charge in [-0.2, -0.15) is 4.31 Å². The van der Waals surface area contributed by atoms with Gasteiger partial charge in [-0.15, -0.1) is 0 Å². The largest absolute Gasteiger partial charge is 0.352 e. The van der Waals surface area contributed by atoms with Gasteiger partial charge < -0.3 is 10.2 Å². The second kappa shape index (κ2) is 12.9. The predicted molar refractivity (Wildman–Crippen MR) is 140 cm³/mol. The van der Waals surface area contributed by atoms with Crippen molar-refractivity contribution in [2.24, 2.45) is 0 Å². The summed E-state index contributed by atoms with van der Waals surface area (Å²) < 4.78 is 27.0. The summed E-state index contributed by atoms with van der Waals surface area (Å²) in [4.78, 5) is 27.9. The number of halogens is 3. The summed E-state index contributed by atoms with van der Waals surface area (Å²) in [6, 6.07) is 9.74. The van der Waals surface area contributed by atoms with Crippen LogP contribution in [-0.4, -0.2) is 55.1 Å². The molecule has 192 valence electrons. The maximum absolute atomic E-state index is 13.5. The molecule has 0 saturated heterocycles. The molecule has 0 saturated carbocycles. The summed E-state index contributed by atoms with van der Waals surface area (Å²) in [6.45, 7) is 5.21. The molecular formula is C24H30Cl3N3O4S. The van der Waals surface area contributed by atoms with Crippen molar-refractivity contribution in [3.63, 3.8) is 0 Å². The van der Waals surface area contributed by atoms with E-state index in [1.54, 1.807) is 25.1 Å². The molecule has 0 unspecified atom stereocenters. The highest BCUT2D eigenvalue weighted by Crippen LogP contribution is 2.24. The van der Waals surface area contributed by atoms with E-state index in [0.29, 0.717) is 27.1 Å². The van der Waals surface area contributed by atoms with Crippen LogP contribution in [-0.2, 0) is 26.2 Å². The van der Waals surface area contributed by atoms with Crippen molar-refractivity contribution >= 4 is 56.6 Å². The molecule has 0 radical (unpaired) electrons. The number of rotatable bonds is 11. The first-order valence-corrected chi connectivity index (χ1v) is 13.7. The summed E-state index contributed by atoms with van der Waals surface area (Å²) in [5.74, 6) is -0.833. The fraction of sp³-hybridized carbons (Fsp3) is 0.417. The zero-order chi connectivity index (χ0) is 26.3. The molecule has 11 heteroatoms. The van der Waals surface area contributed by atoms with Crippen molar-refractivity contribution in [2.75, 3.05) is 13.6 Å². The number of hydrogen-bond donors (Lipinski definition) is 1. The number of nitrogens with zero attached hydrogens (tertiary/aromatic N) is 2. The van der Waals surface area contributed by atoms with Gasteiger partial charge in [-0.05, 0) is 61.7 Å². The van der Waals surface area contributed by atoms with Gasteiger partial charge in [0.15, 0.2) is 0 Å². The lowest BCUT2D eigenvalue weighted by atomic mass is 10.1. The van der Waals surface area contributed by atoms with Gasteiger partial charge in [0.2, 0.25) is 21.8 Å². The van der Waals surface area contributed by atoms with Crippen molar-refractivity contribution < 1.29 is 18.0 Å². The molecule has 0 aliphatic heterocycles. The Morgan fingerprint density at radius 2 is 1.60 bits per heavy atom. The van der Waals surface area contributed by atoms with E-state index in [4.69, 9.17) is 34.8 Å². The topological polar surface area (TPSA) is 86.8 Å². The Kier molecular flexibility index (Phi) is 10.9. The monoisotopic (exact) mass is 561 g/mol. The van der Waals surface area contributed by atoms with Crippen molar-refractivity contribution in [3.8, 4) is 0 Å². The van der Waals surface area contributed by atoms with Crippen LogP contribution < -0.4 is 5.32 Å². The van der Waals surface area contributed by atoms with E-state index in [1.165, 1.54) is 36.2 Å². The third kappa shape index (κ3) is 7.82. The average molecular weight is 563 g/mol. The van der Waals surface area contributed by atoms with E-state index in [0.717, 1.165) is 10.7 Å². The number of carbonyl (C=O) groups is 2. The summed E-state index contributed by atoms with van der Waals surface area (Å²) in [6.07, 6.45) is 1.06. The van der Waals surface area contributed by atoms with Crippen molar-refractivity contribution in [1.82, 2.24) is 14.5 Å². The van der Waals surface area contributed by atoms with Crippen LogP contribution in [0, 0.1) is 0 Å². The molecule has 0 heterocycles. The first-order valence-electron chi connectivity index (χ1n) is 11.2. The molecule has 2 atom stereocenters. The van der Waals surface area contributed by atoms with E-state index in [9.17, 15) is 18.0 Å². The Balaban J connectivity index is 2.35. The molecule has 0 aliphatic carbocycles. The minimum atomic E-state index is -3.96. The lowest BCUT2D eigenvalue weighted by molar-refractivity contribution is -0.141. The molecule has 0 aromatic heterocycles. The average Bonchev–Trinajstić information content (AvgIpc) is 2.81. The van der Waals surface area contributed by atoms with Crippen LogP contribution in [0.15, 0.2) is 47.4 Å². The summed E-state index contributed by atoms with van der Waals surface area (Å²) in [5, 5.41) is 3.99. The van der Waals surface area contributed by atoms with Crippen molar-refractivity contribution in [3.05, 3.63) is 63.1 Å². The molecule has 2 amide bonds. The third-order valence-electron chi connectivity index (χ3n) is 5.60. The third-order valence-corrected chi connectivity index (χ3v) is 8.41. The maximum Gasteiger partial charge on any atom is 0.243 e. The molecule has 0 aliphatic rings. The molecular weight excluding hydrogens is 533 g/mol. The SMILES string of the molecule is CC[C@@H](C)NC(=O)[C@H](CC)N(Cc1ccc(Cl)c(Cl)c1)C(=O)CN(C)S(=O)(=O)c1ccc(Cl)cc1. The number of likely N-dealkylation sites (N-methyl/N-ethyl adjacent to an activating group) is 1. The van der Waals surface area contributed by atoms with Gasteiger partial charge >= 0.3 is 0 Å². The number of hydrogen-bond acceptors (Lipinski definition) is 4. The second-order valence-electron chi connectivity index (χ2n) is 8.23. The van der Waals surface area contributed by atoms with Gasteiger partial charge in [-0.1, -0.05) is 54.7 Å². The Morgan fingerprint density at radius 1 is 0.971 bits per heavy atom. The normalized spacial score (nSPS) is 13.4. The molecule has 0 fully saturated rings. The van der Waals surface area contributed by atoms with Gasteiger partial charge in [0.1, 0.15) is 6.04 Å². The molecule has 2 aromatic rings. The highest BCUT2D eigenvalue weighted by molar-refractivity contribution is 7.89. The standard InChI is InChI=1S/C24H30Cl3N3O4S/c1-5-16(3)28-24(32)22(6-2)30(14-17-7-12-20(26)21(27)13-17)23(31)15-29(4)35(33,34)19-10-8-18(25)9-11-19/h7-13,16,22H,5-6,14-15H2,1-4H3,(H,28,32)/t16-,22+/m1/s1. The van der Waals surface area contributed by atoms with Crippen LogP contribution in [0.4, 0.5) is 0 Å². The van der Waals surface area contributed by atoms with Crippen LogP contribution in [0.5, 0.6) is 0 Å². The quantitative estimate of drug-likeness (QED) is 0.418. The lowest BCUT2D eigenvalue weighted by Gasteiger charge is -2.32. The van der Waals surface area contributed by atoms with Gasteiger partial charge in [0.25, 0.3) is 0 Å². The maximum atomic E-state index is 13.5. The zero-order valence-corrected chi connectivity index (χ0v) is 23.2. The Bertz CT molecular complexity index is 1140. The first kappa shape index (κ1) is 29.4. The van der Waals surface area contributed by atoms with Crippen LogP contribution in [0.25, 0.3) is 0 Å². The molecule has 0 bridgehead atoms. The Labute approximate surface area is 222 Å². The van der Waals surface area contributed by atoms with Crippen LogP contribution in [0.1, 0.15) is 39.2 Å². The van der Waals surface area contributed by atoms with Gasteiger partial charge in [-0.3, -0.25) is 9.59 Å². The summed E-state index contributed by atoms with van der Waals surface area (Å²) >= 11 is 18.0. The number of benzene rings is 2. The smallest absolute Gasteiger partial charge is 0.243 e. The number of sulfonamides is 1. The van der Waals surface area contributed by atoms with Gasteiger partial charge in [0, 0.05) is 24.7 Å². The fourth-order valence-electron chi connectivity index (χ4n) is 3.35. The zero-order valence-electron chi connectivity index (χ0n) is 20.1. The Morgan fingerprint density at radius 3 is 2.14 bits per heavy atom. The van der Waals surface area contributed by atoms with E-state index in [2.05, 4.69) is 5.32 Å². The molecule has 2 aromatic carbocycles. The molecule has 2 rings (SSSR count). The van der Waals surface area contributed by atoms with Gasteiger partial charge in [-0.25, -0.2) is 8.42 Å². The molecule has 0 spiro atoms. The number of nitrogens with one attached hydrogen (secondary N) is 1. The molecule has 7 nitrogen and oxygen atoms in total. The van der Waals surface area contributed by atoms with Crippen LogP contribution in [0.2, 0.25) is 15.1 Å². The fourth-order valence-corrected chi connectivity index (χ4v) is 4.92. The number of carbonyl (C=O) groups excluding carboxylic acids is 2. The van der Waals surface area contributed by atoms with E-state index < -0.39 is 28.5 Å². The van der Waals surface area contributed by atoms with Gasteiger partial charge in [0.05, 0.1) is 21.5 Å². The minimum absolute atomic E-state index is 0.00906. The van der Waals surface area contributed by atoms with E-state index in [-0.39, 0.29) is 23.4 Å². The van der Waals surface area contributed by atoms with E-state index in [1.807, 2.05) is 13.8 Å². The lowest BCUT2D eigenvalue weighted by Crippen LogP contribution is -2.53. The molecule has 1 N–H and O–H groups in total. The highest BCUT2D eigenvalue weighted by atomic mass is 35.5. The first-order chi connectivity index (χ1) is 16.4. The summed E-state index contributed by atoms with van der Waals surface area (Å²) in [7, 11) is -2.64. The summed E-state index contributed by atoms with van der Waals surface area (Å²) in [5.41, 5.74) is 0.658. The minimum Gasteiger partial charge on any atom is -0.352 e. The highest BCUT2D eigenvalue weighted by Gasteiger charge is 2.32. The van der Waals surface area contributed by atoms with E-state index >= 15 is 0 Å². The second-order valence-corrected chi connectivity index (χ2v) is 11.5. The molecule has 35 heavy (non-hydrogen) atoms. The van der Waals surface area contributed by atoms with Crippen molar-refractivity contribution in [1.29, 1.82) is 0 Å². The Hall–Kier alpha value is -1.84. The van der Waals surface area contributed by atoms with Crippen molar-refractivity contribution in [2.45, 2.75) is 57.1 Å².